The van der Waals surface area contributed by atoms with Gasteiger partial charge in [-0.25, -0.2) is 4.79 Å². The molecule has 2 aromatic carbocycles. The SMILES string of the molecule is COc1ccc([C@H]2C[C@]23C(=O)Nc2ccc(C(=O)O)cc23)cc1. The van der Waals surface area contributed by atoms with E-state index in [0.717, 1.165) is 22.6 Å². The molecule has 1 amide bonds. The lowest BCUT2D eigenvalue weighted by molar-refractivity contribution is -0.118. The molecule has 1 heterocycles. The van der Waals surface area contributed by atoms with Crippen molar-refractivity contribution in [3.05, 3.63) is 59.2 Å². The molecule has 1 saturated carbocycles. The molecule has 0 aromatic heterocycles. The number of benzene rings is 2. The first-order valence-electron chi connectivity index (χ1n) is 7.39. The number of ether oxygens (including phenoxy) is 1. The largest absolute Gasteiger partial charge is 0.497 e. The summed E-state index contributed by atoms with van der Waals surface area (Å²) in [5.41, 5.74) is 2.16. The van der Waals surface area contributed by atoms with E-state index in [1.165, 1.54) is 6.07 Å². The van der Waals surface area contributed by atoms with E-state index in [0.29, 0.717) is 6.42 Å². The molecule has 0 unspecified atom stereocenters. The van der Waals surface area contributed by atoms with E-state index in [1.807, 2.05) is 24.3 Å². The fourth-order valence-electron chi connectivity index (χ4n) is 3.56. The number of hydrogen-bond donors (Lipinski definition) is 2. The first kappa shape index (κ1) is 13.8. The molecule has 1 spiro atoms. The number of carbonyl (C=O) groups is 2. The van der Waals surface area contributed by atoms with Gasteiger partial charge in [-0.2, -0.15) is 0 Å². The number of carboxylic acid groups (broad SMARTS) is 1. The minimum atomic E-state index is -0.982. The van der Waals surface area contributed by atoms with E-state index in [1.54, 1.807) is 19.2 Å². The predicted molar refractivity (Wildman–Crippen MR) is 84.1 cm³/mol. The Bertz CT molecular complexity index is 827. The highest BCUT2D eigenvalue weighted by molar-refractivity contribution is 6.10. The third kappa shape index (κ3) is 1.86. The van der Waals surface area contributed by atoms with E-state index in [9.17, 15) is 14.7 Å². The monoisotopic (exact) mass is 309 g/mol. The van der Waals surface area contributed by atoms with Crippen molar-refractivity contribution < 1.29 is 19.4 Å². The summed E-state index contributed by atoms with van der Waals surface area (Å²) in [6.07, 6.45) is 0.696. The molecule has 0 bridgehead atoms. The second-order valence-electron chi connectivity index (χ2n) is 6.02. The first-order chi connectivity index (χ1) is 11.1. The van der Waals surface area contributed by atoms with Crippen LogP contribution in [-0.4, -0.2) is 24.1 Å². The highest BCUT2D eigenvalue weighted by atomic mass is 16.5. The van der Waals surface area contributed by atoms with Gasteiger partial charge in [0.15, 0.2) is 0 Å². The zero-order valence-corrected chi connectivity index (χ0v) is 12.5. The maximum atomic E-state index is 12.5. The summed E-state index contributed by atoms with van der Waals surface area (Å²) >= 11 is 0. The van der Waals surface area contributed by atoms with E-state index < -0.39 is 11.4 Å². The molecule has 2 atom stereocenters. The van der Waals surface area contributed by atoms with E-state index >= 15 is 0 Å². The molecule has 1 aliphatic carbocycles. The molecule has 5 nitrogen and oxygen atoms in total. The summed E-state index contributed by atoms with van der Waals surface area (Å²) in [6.45, 7) is 0. The Kier molecular flexibility index (Phi) is 2.75. The summed E-state index contributed by atoms with van der Waals surface area (Å²) in [6, 6.07) is 12.5. The average molecular weight is 309 g/mol. The van der Waals surface area contributed by atoms with Crippen molar-refractivity contribution in [2.24, 2.45) is 0 Å². The van der Waals surface area contributed by atoms with Gasteiger partial charge in [0, 0.05) is 11.6 Å². The number of aromatic carboxylic acids is 1. The second kappa shape index (κ2) is 4.59. The van der Waals surface area contributed by atoms with Crippen molar-refractivity contribution in [3.8, 4) is 5.75 Å². The van der Waals surface area contributed by atoms with Gasteiger partial charge in [0.25, 0.3) is 0 Å². The number of carboxylic acids is 1. The number of nitrogens with one attached hydrogen (secondary N) is 1. The molecule has 5 heteroatoms. The molecule has 0 saturated heterocycles. The molecular formula is C18H15NO4. The number of amides is 1. The van der Waals surface area contributed by atoms with Crippen LogP contribution >= 0.6 is 0 Å². The van der Waals surface area contributed by atoms with E-state index in [-0.39, 0.29) is 17.4 Å². The summed E-state index contributed by atoms with van der Waals surface area (Å²) in [5, 5.41) is 12.1. The number of hydrogen-bond acceptors (Lipinski definition) is 3. The Morgan fingerprint density at radius 3 is 2.65 bits per heavy atom. The van der Waals surface area contributed by atoms with Crippen LogP contribution in [0, 0.1) is 0 Å². The molecule has 0 radical (unpaired) electrons. The average Bonchev–Trinajstić information content (AvgIpc) is 3.25. The second-order valence-corrected chi connectivity index (χ2v) is 6.02. The van der Waals surface area contributed by atoms with Gasteiger partial charge in [0.2, 0.25) is 5.91 Å². The topological polar surface area (TPSA) is 75.6 Å². The standard InChI is InChI=1S/C18H15NO4/c1-23-12-5-2-10(3-6-12)14-9-18(14)13-8-11(16(20)21)4-7-15(13)19-17(18)22/h2-8,14H,9H2,1H3,(H,19,22)(H,20,21)/t14-,18-/m1/s1. The highest BCUT2D eigenvalue weighted by Crippen LogP contribution is 2.65. The lowest BCUT2D eigenvalue weighted by Gasteiger charge is -2.10. The Labute approximate surface area is 132 Å². The molecule has 2 aliphatic rings. The van der Waals surface area contributed by atoms with Gasteiger partial charge in [-0.3, -0.25) is 4.79 Å². The Balaban J connectivity index is 1.74. The number of fused-ring (bicyclic) bond motifs is 2. The van der Waals surface area contributed by atoms with E-state index in [4.69, 9.17) is 4.74 Å². The summed E-state index contributed by atoms with van der Waals surface area (Å²) in [5.74, 6) is -0.189. The van der Waals surface area contributed by atoms with Crippen molar-refractivity contribution in [1.29, 1.82) is 0 Å². The first-order valence-corrected chi connectivity index (χ1v) is 7.39. The molecule has 2 N–H and O–H groups in total. The van der Waals surface area contributed by atoms with Crippen LogP contribution in [0.25, 0.3) is 0 Å². The smallest absolute Gasteiger partial charge is 0.335 e. The van der Waals surface area contributed by atoms with Crippen molar-refractivity contribution in [3.63, 3.8) is 0 Å². The lowest BCUT2D eigenvalue weighted by Crippen LogP contribution is -2.21. The van der Waals surface area contributed by atoms with Crippen LogP contribution in [0.2, 0.25) is 0 Å². The quantitative estimate of drug-likeness (QED) is 0.914. The highest BCUT2D eigenvalue weighted by Gasteiger charge is 2.65. The molecule has 2 aromatic rings. The van der Waals surface area contributed by atoms with Crippen molar-refractivity contribution >= 4 is 17.6 Å². The zero-order chi connectivity index (χ0) is 16.2. The minimum absolute atomic E-state index is 0.0455. The third-order valence-corrected chi connectivity index (χ3v) is 4.88. The zero-order valence-electron chi connectivity index (χ0n) is 12.5. The number of anilines is 1. The molecule has 1 aliphatic heterocycles. The third-order valence-electron chi connectivity index (χ3n) is 4.88. The van der Waals surface area contributed by atoms with Crippen LogP contribution in [0.4, 0.5) is 5.69 Å². The Morgan fingerprint density at radius 1 is 1.26 bits per heavy atom. The summed E-state index contributed by atoms with van der Waals surface area (Å²) in [7, 11) is 1.61. The van der Waals surface area contributed by atoms with Crippen LogP contribution in [0.1, 0.15) is 33.8 Å². The molecule has 4 rings (SSSR count). The Hall–Kier alpha value is -2.82. The van der Waals surface area contributed by atoms with Gasteiger partial charge in [-0.05, 0) is 47.9 Å². The van der Waals surface area contributed by atoms with Crippen LogP contribution in [0.3, 0.4) is 0 Å². The molecule has 1 fully saturated rings. The summed E-state index contributed by atoms with van der Waals surface area (Å²) in [4.78, 5) is 23.7. The van der Waals surface area contributed by atoms with Crippen LogP contribution in [0.5, 0.6) is 5.75 Å². The molecule has 23 heavy (non-hydrogen) atoms. The van der Waals surface area contributed by atoms with E-state index in [2.05, 4.69) is 5.32 Å². The maximum absolute atomic E-state index is 12.5. The van der Waals surface area contributed by atoms with Gasteiger partial charge in [-0.1, -0.05) is 12.1 Å². The number of rotatable bonds is 3. The van der Waals surface area contributed by atoms with Gasteiger partial charge in [0.05, 0.1) is 18.1 Å². The van der Waals surface area contributed by atoms with Gasteiger partial charge >= 0.3 is 5.97 Å². The van der Waals surface area contributed by atoms with Gasteiger partial charge in [-0.15, -0.1) is 0 Å². The van der Waals surface area contributed by atoms with Crippen LogP contribution in [-0.2, 0) is 10.2 Å². The summed E-state index contributed by atoms with van der Waals surface area (Å²) < 4.78 is 5.16. The van der Waals surface area contributed by atoms with Crippen LogP contribution in [0.15, 0.2) is 42.5 Å². The predicted octanol–water partition coefficient (Wildman–Crippen LogP) is 2.77. The maximum Gasteiger partial charge on any atom is 0.335 e. The van der Waals surface area contributed by atoms with Gasteiger partial charge in [0.1, 0.15) is 5.75 Å². The normalized spacial score (nSPS) is 24.2. The fraction of sp³-hybridized carbons (Fsp3) is 0.222. The number of carbonyl (C=O) groups excluding carboxylic acids is 1. The van der Waals surface area contributed by atoms with Gasteiger partial charge < -0.3 is 15.2 Å². The van der Waals surface area contributed by atoms with Crippen molar-refractivity contribution in [2.75, 3.05) is 12.4 Å². The van der Waals surface area contributed by atoms with Crippen molar-refractivity contribution in [2.45, 2.75) is 17.8 Å². The molecular weight excluding hydrogens is 294 g/mol. The number of methoxy groups -OCH3 is 1. The molecule has 116 valence electrons. The Morgan fingerprint density at radius 2 is 2.00 bits per heavy atom. The minimum Gasteiger partial charge on any atom is -0.497 e. The fourth-order valence-corrected chi connectivity index (χ4v) is 3.56. The van der Waals surface area contributed by atoms with Crippen molar-refractivity contribution in [1.82, 2.24) is 0 Å². The van der Waals surface area contributed by atoms with Crippen LogP contribution < -0.4 is 10.1 Å². The lowest BCUT2D eigenvalue weighted by atomic mass is 9.91.